The van der Waals surface area contributed by atoms with Gasteiger partial charge in [-0.1, -0.05) is 0 Å². The molecule has 1 aliphatic heterocycles. The van der Waals surface area contributed by atoms with Crippen LogP contribution in [0.4, 0.5) is 5.82 Å². The van der Waals surface area contributed by atoms with Crippen molar-refractivity contribution in [2.75, 3.05) is 31.1 Å². The van der Waals surface area contributed by atoms with Gasteiger partial charge in [-0.3, -0.25) is 0 Å². The molecule has 0 bridgehead atoms. The quantitative estimate of drug-likeness (QED) is 0.536. The average Bonchev–Trinajstić information content (AvgIpc) is 2.30. The van der Waals surface area contributed by atoms with E-state index in [0.29, 0.717) is 0 Å². The molecule has 1 saturated heterocycles. The monoisotopic (exact) mass is 245 g/mol. The van der Waals surface area contributed by atoms with Gasteiger partial charge in [0.05, 0.1) is 5.97 Å². The number of carboxylic acids is 1. The standard InChI is InChI=1S/C10H13N3O2.K/c14-10(15)8-1-2-9(12-7-8)13-5-3-11-4-6-13;/h1-2,7,11H,3-6H2,(H,14,15);/q;+1/p-1. The molecule has 0 spiro atoms. The van der Waals surface area contributed by atoms with Crippen LogP contribution >= 0.6 is 0 Å². The Bertz CT molecular complexity index is 350. The molecule has 0 amide bonds. The summed E-state index contributed by atoms with van der Waals surface area (Å²) in [5.41, 5.74) is 0.119. The van der Waals surface area contributed by atoms with Crippen molar-refractivity contribution < 1.29 is 61.3 Å². The molecule has 0 radical (unpaired) electrons. The second-order valence-corrected chi connectivity index (χ2v) is 3.43. The van der Waals surface area contributed by atoms with Gasteiger partial charge in [0.15, 0.2) is 0 Å². The van der Waals surface area contributed by atoms with E-state index in [-0.39, 0.29) is 56.9 Å². The van der Waals surface area contributed by atoms with Crippen LogP contribution in [0.25, 0.3) is 0 Å². The molecule has 2 heterocycles. The Balaban J connectivity index is 0.00000128. The zero-order valence-corrected chi connectivity index (χ0v) is 12.4. The third kappa shape index (κ3) is 3.51. The van der Waals surface area contributed by atoms with Crippen LogP contribution in [0.1, 0.15) is 10.4 Å². The Hall–Kier alpha value is 0.0164. The molecule has 1 N–H and O–H groups in total. The smallest absolute Gasteiger partial charge is 0.545 e. The van der Waals surface area contributed by atoms with Crippen molar-refractivity contribution in [2.45, 2.75) is 0 Å². The Morgan fingerprint density at radius 3 is 2.56 bits per heavy atom. The molecule has 5 nitrogen and oxygen atoms in total. The molecule has 1 aromatic heterocycles. The van der Waals surface area contributed by atoms with Crippen LogP contribution in [0.3, 0.4) is 0 Å². The number of carbonyl (C=O) groups is 1. The Kier molecular flexibility index (Phi) is 5.88. The van der Waals surface area contributed by atoms with E-state index in [4.69, 9.17) is 0 Å². The summed E-state index contributed by atoms with van der Waals surface area (Å²) in [6, 6.07) is 3.25. The van der Waals surface area contributed by atoms with Gasteiger partial charge in [0, 0.05) is 37.9 Å². The van der Waals surface area contributed by atoms with Crippen molar-refractivity contribution in [3.8, 4) is 0 Å². The third-order valence-corrected chi connectivity index (χ3v) is 2.42. The SMILES string of the molecule is O=C([O-])c1ccc(N2CCNCC2)nc1.[K+]. The minimum absolute atomic E-state index is 0. The number of carbonyl (C=O) groups excluding carboxylic acids is 1. The van der Waals surface area contributed by atoms with Crippen molar-refractivity contribution in [3.63, 3.8) is 0 Å². The number of piperazine rings is 1. The topological polar surface area (TPSA) is 68.3 Å². The molecule has 6 heteroatoms. The number of aromatic carboxylic acids is 1. The summed E-state index contributed by atoms with van der Waals surface area (Å²) in [6.45, 7) is 3.67. The van der Waals surface area contributed by atoms with E-state index < -0.39 is 5.97 Å². The van der Waals surface area contributed by atoms with E-state index in [0.717, 1.165) is 32.0 Å². The molecule has 1 fully saturated rings. The Labute approximate surface area is 137 Å². The summed E-state index contributed by atoms with van der Waals surface area (Å²) in [5.74, 6) is -0.365. The number of pyridine rings is 1. The van der Waals surface area contributed by atoms with Gasteiger partial charge in [0.1, 0.15) is 5.82 Å². The van der Waals surface area contributed by atoms with Crippen molar-refractivity contribution in [1.29, 1.82) is 0 Å². The predicted molar refractivity (Wildman–Crippen MR) is 53.7 cm³/mol. The number of aromatic nitrogens is 1. The predicted octanol–water partition coefficient (Wildman–Crippen LogP) is -4.14. The molecule has 2 rings (SSSR count). The first-order chi connectivity index (χ1) is 7.27. The minimum atomic E-state index is -1.19. The number of rotatable bonds is 2. The largest absolute Gasteiger partial charge is 1.00 e. The number of anilines is 1. The van der Waals surface area contributed by atoms with Crippen LogP contribution in [0.2, 0.25) is 0 Å². The van der Waals surface area contributed by atoms with E-state index in [1.807, 2.05) is 0 Å². The Morgan fingerprint density at radius 1 is 1.38 bits per heavy atom. The fourth-order valence-electron chi connectivity index (χ4n) is 1.59. The first-order valence-corrected chi connectivity index (χ1v) is 4.90. The molecule has 80 valence electrons. The number of carboxylic acid groups (broad SMARTS) is 1. The fraction of sp³-hybridized carbons (Fsp3) is 0.400. The zero-order chi connectivity index (χ0) is 10.7. The fourth-order valence-corrected chi connectivity index (χ4v) is 1.59. The Morgan fingerprint density at radius 2 is 2.06 bits per heavy atom. The zero-order valence-electron chi connectivity index (χ0n) is 9.27. The van der Waals surface area contributed by atoms with Crippen molar-refractivity contribution in [1.82, 2.24) is 10.3 Å². The number of hydrogen-bond donors (Lipinski definition) is 1. The van der Waals surface area contributed by atoms with Crippen molar-refractivity contribution in [3.05, 3.63) is 23.9 Å². The molecule has 0 saturated carbocycles. The summed E-state index contributed by atoms with van der Waals surface area (Å²) in [4.78, 5) is 16.7. The minimum Gasteiger partial charge on any atom is -0.545 e. The van der Waals surface area contributed by atoms with Crippen molar-refractivity contribution >= 4 is 11.8 Å². The van der Waals surface area contributed by atoms with Gasteiger partial charge in [0.25, 0.3) is 0 Å². The molecule has 1 aromatic rings. The molecule has 0 aromatic carbocycles. The summed E-state index contributed by atoms with van der Waals surface area (Å²) in [6.07, 6.45) is 1.34. The normalized spacial score (nSPS) is 15.4. The van der Waals surface area contributed by atoms with Crippen LogP contribution in [0.5, 0.6) is 0 Å². The van der Waals surface area contributed by atoms with Crippen LogP contribution in [0.15, 0.2) is 18.3 Å². The van der Waals surface area contributed by atoms with Gasteiger partial charge in [0.2, 0.25) is 0 Å². The van der Waals surface area contributed by atoms with E-state index >= 15 is 0 Å². The first kappa shape index (κ1) is 14.1. The average molecular weight is 245 g/mol. The van der Waals surface area contributed by atoms with Gasteiger partial charge < -0.3 is 20.1 Å². The second kappa shape index (κ2) is 6.68. The molecular weight excluding hydrogens is 233 g/mol. The summed E-state index contributed by atoms with van der Waals surface area (Å²) in [7, 11) is 0. The van der Waals surface area contributed by atoms with Crippen molar-refractivity contribution in [2.24, 2.45) is 0 Å². The van der Waals surface area contributed by atoms with Crippen LogP contribution < -0.4 is 66.7 Å². The molecule has 0 aliphatic carbocycles. The van der Waals surface area contributed by atoms with E-state index in [1.165, 1.54) is 12.3 Å². The van der Waals surface area contributed by atoms with Gasteiger partial charge in [-0.2, -0.15) is 0 Å². The molecule has 16 heavy (non-hydrogen) atoms. The van der Waals surface area contributed by atoms with Gasteiger partial charge in [-0.25, -0.2) is 4.98 Å². The van der Waals surface area contributed by atoms with Gasteiger partial charge in [-0.15, -0.1) is 0 Å². The molecular formula is C10H12KN3O2. The molecule has 0 unspecified atom stereocenters. The van der Waals surface area contributed by atoms with Gasteiger partial charge >= 0.3 is 51.4 Å². The number of hydrogen-bond acceptors (Lipinski definition) is 5. The van der Waals surface area contributed by atoms with E-state index in [1.54, 1.807) is 6.07 Å². The molecule has 0 atom stereocenters. The summed E-state index contributed by atoms with van der Waals surface area (Å²) in [5, 5.41) is 13.8. The second-order valence-electron chi connectivity index (χ2n) is 3.43. The van der Waals surface area contributed by atoms with Crippen LogP contribution in [0, 0.1) is 0 Å². The first-order valence-electron chi connectivity index (χ1n) is 4.90. The molecule has 1 aliphatic rings. The van der Waals surface area contributed by atoms with Crippen LogP contribution in [-0.4, -0.2) is 37.1 Å². The number of nitrogens with one attached hydrogen (secondary N) is 1. The van der Waals surface area contributed by atoms with E-state index in [9.17, 15) is 9.90 Å². The maximum absolute atomic E-state index is 10.5. The van der Waals surface area contributed by atoms with Gasteiger partial charge in [-0.05, 0) is 12.1 Å². The van der Waals surface area contributed by atoms with Crippen LogP contribution in [-0.2, 0) is 0 Å². The maximum atomic E-state index is 10.5. The number of nitrogens with zero attached hydrogens (tertiary/aromatic N) is 2. The maximum Gasteiger partial charge on any atom is 1.00 e. The summed E-state index contributed by atoms with van der Waals surface area (Å²) >= 11 is 0. The summed E-state index contributed by atoms with van der Waals surface area (Å²) < 4.78 is 0. The van der Waals surface area contributed by atoms with E-state index in [2.05, 4.69) is 15.2 Å². The third-order valence-electron chi connectivity index (χ3n) is 2.42.